The zero-order valence-electron chi connectivity index (χ0n) is 12.4. The predicted molar refractivity (Wildman–Crippen MR) is 74.8 cm³/mol. The van der Waals surface area contributed by atoms with Crippen molar-refractivity contribution in [2.24, 2.45) is 0 Å². The first-order chi connectivity index (χ1) is 10.9. The van der Waals surface area contributed by atoms with E-state index in [-0.39, 0.29) is 11.8 Å². The molecule has 6 nitrogen and oxygen atoms in total. The van der Waals surface area contributed by atoms with Gasteiger partial charge in [0, 0.05) is 30.4 Å². The zero-order chi connectivity index (χ0) is 16.6. The van der Waals surface area contributed by atoms with Gasteiger partial charge in [0.2, 0.25) is 0 Å². The molecule has 1 saturated heterocycles. The van der Waals surface area contributed by atoms with Crippen LogP contribution in [0.3, 0.4) is 0 Å². The molecule has 0 aliphatic carbocycles. The van der Waals surface area contributed by atoms with Gasteiger partial charge in [-0.1, -0.05) is 0 Å². The first kappa shape index (κ1) is 15.6. The molecule has 1 aliphatic heterocycles. The molecular formula is C14H16F3N5O. The summed E-state index contributed by atoms with van der Waals surface area (Å²) in [5.41, 5.74) is 0.657. The number of aryl methyl sites for hydroxylation is 1. The van der Waals surface area contributed by atoms with Gasteiger partial charge in [0.15, 0.2) is 5.69 Å². The van der Waals surface area contributed by atoms with Gasteiger partial charge in [-0.2, -0.15) is 23.4 Å². The highest BCUT2D eigenvalue weighted by atomic mass is 19.4. The second-order valence-electron chi connectivity index (χ2n) is 5.71. The van der Waals surface area contributed by atoms with Gasteiger partial charge in [-0.15, -0.1) is 0 Å². The predicted octanol–water partition coefficient (Wildman–Crippen LogP) is 2.48. The van der Waals surface area contributed by atoms with E-state index in [0.29, 0.717) is 36.5 Å². The molecule has 23 heavy (non-hydrogen) atoms. The monoisotopic (exact) mass is 327 g/mol. The van der Waals surface area contributed by atoms with Crippen molar-refractivity contribution in [3.05, 3.63) is 34.9 Å². The number of halogens is 3. The van der Waals surface area contributed by atoms with Crippen molar-refractivity contribution in [1.29, 1.82) is 0 Å². The summed E-state index contributed by atoms with van der Waals surface area (Å²) in [4.78, 5) is 14.1. The third-order valence-corrected chi connectivity index (χ3v) is 4.10. The summed E-state index contributed by atoms with van der Waals surface area (Å²) in [5.74, 6) is -0.333. The van der Waals surface area contributed by atoms with Gasteiger partial charge in [-0.3, -0.25) is 15.0 Å². The summed E-state index contributed by atoms with van der Waals surface area (Å²) in [6.45, 7) is 2.70. The molecule has 3 heterocycles. The maximum atomic E-state index is 12.6. The summed E-state index contributed by atoms with van der Waals surface area (Å²) < 4.78 is 37.9. The number of alkyl halides is 3. The number of amides is 1. The number of rotatable bonds is 2. The summed E-state index contributed by atoms with van der Waals surface area (Å²) >= 11 is 0. The van der Waals surface area contributed by atoms with Crippen LogP contribution in [0.25, 0.3) is 0 Å². The van der Waals surface area contributed by atoms with E-state index in [4.69, 9.17) is 0 Å². The molecule has 2 aromatic heterocycles. The summed E-state index contributed by atoms with van der Waals surface area (Å²) in [7, 11) is 0. The lowest BCUT2D eigenvalue weighted by molar-refractivity contribution is -0.141. The molecule has 0 radical (unpaired) electrons. The number of carbonyl (C=O) groups is 1. The number of likely N-dealkylation sites (tertiary alicyclic amines) is 1. The van der Waals surface area contributed by atoms with E-state index in [2.05, 4.69) is 20.4 Å². The van der Waals surface area contributed by atoms with E-state index in [1.54, 1.807) is 11.8 Å². The van der Waals surface area contributed by atoms with Gasteiger partial charge in [-0.25, -0.2) is 0 Å². The Kier molecular flexibility index (Phi) is 3.87. The van der Waals surface area contributed by atoms with E-state index < -0.39 is 11.9 Å². The van der Waals surface area contributed by atoms with E-state index in [1.165, 1.54) is 6.20 Å². The Morgan fingerprint density at radius 2 is 2.17 bits per heavy atom. The summed E-state index contributed by atoms with van der Waals surface area (Å²) in [6.07, 6.45) is -1.55. The molecule has 0 aromatic carbocycles. The number of aromatic amines is 2. The minimum absolute atomic E-state index is 0.156. The van der Waals surface area contributed by atoms with E-state index in [9.17, 15) is 18.0 Å². The van der Waals surface area contributed by atoms with Crippen LogP contribution in [0.1, 0.15) is 46.2 Å². The second kappa shape index (κ2) is 5.71. The standard InChI is InChI=1S/C14H16F3N5O/c1-8-10(6-18-19-8)13(23)22-4-2-3-9(7-22)11-5-12(21-20-11)14(15,16)17/h5-6,9H,2-4,7H2,1H3,(H,18,19)(H,20,21)/t9-/m0/s1. The van der Waals surface area contributed by atoms with Crippen molar-refractivity contribution < 1.29 is 18.0 Å². The molecule has 1 aliphatic rings. The van der Waals surface area contributed by atoms with E-state index >= 15 is 0 Å². The summed E-state index contributed by atoms with van der Waals surface area (Å²) in [5, 5.41) is 12.3. The van der Waals surface area contributed by atoms with Gasteiger partial charge in [-0.05, 0) is 25.8 Å². The van der Waals surface area contributed by atoms with Gasteiger partial charge in [0.1, 0.15) is 0 Å². The fourth-order valence-corrected chi connectivity index (χ4v) is 2.84. The first-order valence-corrected chi connectivity index (χ1v) is 7.28. The fourth-order valence-electron chi connectivity index (χ4n) is 2.84. The Bertz CT molecular complexity index is 705. The smallest absolute Gasteiger partial charge is 0.338 e. The molecule has 9 heteroatoms. The molecule has 3 rings (SSSR count). The number of piperidine rings is 1. The highest BCUT2D eigenvalue weighted by molar-refractivity contribution is 5.95. The Balaban J connectivity index is 1.75. The molecule has 0 unspecified atom stereocenters. The largest absolute Gasteiger partial charge is 0.435 e. The van der Waals surface area contributed by atoms with Gasteiger partial charge in [0.25, 0.3) is 5.91 Å². The van der Waals surface area contributed by atoms with Crippen LogP contribution in [0.15, 0.2) is 12.3 Å². The number of carbonyl (C=O) groups excluding carboxylic acids is 1. The Morgan fingerprint density at radius 3 is 2.78 bits per heavy atom. The molecule has 2 N–H and O–H groups in total. The van der Waals surface area contributed by atoms with Crippen LogP contribution in [-0.2, 0) is 6.18 Å². The number of nitrogens with zero attached hydrogens (tertiary/aromatic N) is 3. The molecular weight excluding hydrogens is 311 g/mol. The highest BCUT2D eigenvalue weighted by Crippen LogP contribution is 2.32. The topological polar surface area (TPSA) is 77.7 Å². The maximum absolute atomic E-state index is 12.6. The number of aromatic nitrogens is 4. The molecule has 1 fully saturated rings. The first-order valence-electron chi connectivity index (χ1n) is 7.28. The van der Waals surface area contributed by atoms with Crippen LogP contribution in [0.5, 0.6) is 0 Å². The Morgan fingerprint density at radius 1 is 1.39 bits per heavy atom. The normalized spacial score (nSPS) is 19.1. The number of nitrogens with one attached hydrogen (secondary N) is 2. The zero-order valence-corrected chi connectivity index (χ0v) is 12.4. The van der Waals surface area contributed by atoms with Gasteiger partial charge < -0.3 is 4.90 Å². The maximum Gasteiger partial charge on any atom is 0.435 e. The van der Waals surface area contributed by atoms with Crippen molar-refractivity contribution in [3.8, 4) is 0 Å². The quantitative estimate of drug-likeness (QED) is 0.889. The van der Waals surface area contributed by atoms with Crippen LogP contribution < -0.4 is 0 Å². The van der Waals surface area contributed by atoms with Crippen molar-refractivity contribution in [2.45, 2.75) is 31.9 Å². The van der Waals surface area contributed by atoms with Crippen LogP contribution >= 0.6 is 0 Å². The molecule has 0 spiro atoms. The SMILES string of the molecule is Cc1[nH]ncc1C(=O)N1CCC[C@H](c2cc(C(F)(F)F)n[nH]2)C1. The van der Waals surface area contributed by atoms with Crippen LogP contribution in [-0.4, -0.2) is 44.3 Å². The molecule has 124 valence electrons. The summed E-state index contributed by atoms with van der Waals surface area (Å²) in [6, 6.07) is 1.03. The van der Waals surface area contributed by atoms with Gasteiger partial charge >= 0.3 is 6.18 Å². The third kappa shape index (κ3) is 3.08. The van der Waals surface area contributed by atoms with E-state index in [0.717, 1.165) is 12.5 Å². The Labute approximate surface area is 130 Å². The van der Waals surface area contributed by atoms with E-state index in [1.807, 2.05) is 0 Å². The average molecular weight is 327 g/mol. The minimum Gasteiger partial charge on any atom is -0.338 e. The lowest BCUT2D eigenvalue weighted by atomic mass is 9.94. The van der Waals surface area contributed by atoms with Gasteiger partial charge in [0.05, 0.1) is 11.8 Å². The number of hydrogen-bond donors (Lipinski definition) is 2. The second-order valence-corrected chi connectivity index (χ2v) is 5.71. The lowest BCUT2D eigenvalue weighted by Crippen LogP contribution is -2.39. The third-order valence-electron chi connectivity index (χ3n) is 4.10. The molecule has 0 bridgehead atoms. The Hall–Kier alpha value is -2.32. The van der Waals surface area contributed by atoms with Crippen LogP contribution in [0.2, 0.25) is 0 Å². The molecule has 0 saturated carbocycles. The lowest BCUT2D eigenvalue weighted by Gasteiger charge is -2.32. The fraction of sp³-hybridized carbons (Fsp3) is 0.500. The van der Waals surface area contributed by atoms with Crippen LogP contribution in [0.4, 0.5) is 13.2 Å². The number of H-pyrrole nitrogens is 2. The molecule has 2 aromatic rings. The average Bonchev–Trinajstić information content (AvgIpc) is 3.15. The van der Waals surface area contributed by atoms with Crippen molar-refractivity contribution >= 4 is 5.91 Å². The van der Waals surface area contributed by atoms with Crippen LogP contribution in [0, 0.1) is 6.92 Å². The highest BCUT2D eigenvalue weighted by Gasteiger charge is 2.35. The molecule has 1 amide bonds. The molecule has 1 atom stereocenters. The minimum atomic E-state index is -4.47. The van der Waals surface area contributed by atoms with Crippen molar-refractivity contribution in [3.63, 3.8) is 0 Å². The number of hydrogen-bond acceptors (Lipinski definition) is 3. The van der Waals surface area contributed by atoms with Crippen molar-refractivity contribution in [1.82, 2.24) is 25.3 Å². The van der Waals surface area contributed by atoms with Crippen molar-refractivity contribution in [2.75, 3.05) is 13.1 Å².